The van der Waals surface area contributed by atoms with E-state index >= 15 is 0 Å². The minimum Gasteiger partial charge on any atom is -0.504 e. The molecule has 150 valence electrons. The summed E-state index contributed by atoms with van der Waals surface area (Å²) in [6.07, 6.45) is 20.0. The fourth-order valence-corrected chi connectivity index (χ4v) is 3.45. The number of rotatable bonds is 17. The van der Waals surface area contributed by atoms with Gasteiger partial charge in [-0.2, -0.15) is 0 Å². The van der Waals surface area contributed by atoms with E-state index in [0.717, 1.165) is 18.4 Å². The van der Waals surface area contributed by atoms with E-state index in [2.05, 4.69) is 6.92 Å². The molecule has 1 rings (SSSR count). The van der Waals surface area contributed by atoms with Crippen LogP contribution in [0.1, 0.15) is 109 Å². The number of hydrogen-bond donors (Lipinski definition) is 1. The summed E-state index contributed by atoms with van der Waals surface area (Å²) < 4.78 is 5.74. The number of hydrogen-bond acceptors (Lipinski definition) is 2. The van der Waals surface area contributed by atoms with E-state index in [0.29, 0.717) is 18.1 Å². The Morgan fingerprint density at radius 2 is 1.19 bits per heavy atom. The van der Waals surface area contributed by atoms with Gasteiger partial charge in [0.25, 0.3) is 0 Å². The Morgan fingerprint density at radius 3 is 1.69 bits per heavy atom. The lowest BCUT2D eigenvalue weighted by Crippen LogP contribution is -1.98. The fraction of sp³-hybridized carbons (Fsp3) is 0.750. The first-order valence-electron chi connectivity index (χ1n) is 11.2. The van der Waals surface area contributed by atoms with Crippen molar-refractivity contribution in [2.45, 2.75) is 110 Å². The van der Waals surface area contributed by atoms with Gasteiger partial charge < -0.3 is 9.84 Å². The maximum Gasteiger partial charge on any atom is 0.161 e. The zero-order valence-corrected chi connectivity index (χ0v) is 17.4. The Kier molecular flexibility index (Phi) is 14.1. The average molecular weight is 363 g/mol. The molecule has 0 spiro atoms. The van der Waals surface area contributed by atoms with Crippen LogP contribution in [-0.2, 0) is 6.42 Å². The quantitative estimate of drug-likeness (QED) is 0.286. The number of unbranched alkanes of at least 4 members (excludes halogenated alkanes) is 13. The molecule has 0 atom stereocenters. The summed E-state index contributed by atoms with van der Waals surface area (Å²) in [4.78, 5) is 0. The highest BCUT2D eigenvalue weighted by Crippen LogP contribution is 2.30. The van der Waals surface area contributed by atoms with Gasteiger partial charge in [-0.05, 0) is 24.5 Å². The molecular weight excluding hydrogens is 320 g/mol. The zero-order valence-electron chi connectivity index (χ0n) is 17.4. The first kappa shape index (κ1) is 22.9. The Balaban J connectivity index is 1.87. The van der Waals surface area contributed by atoms with E-state index in [9.17, 15) is 5.11 Å². The van der Waals surface area contributed by atoms with Gasteiger partial charge in [0.05, 0.1) is 6.61 Å². The number of phenolic OH excluding ortho intramolecular Hbond substituents is 1. The third kappa shape index (κ3) is 10.7. The van der Waals surface area contributed by atoms with E-state index in [1.807, 2.05) is 25.1 Å². The summed E-state index contributed by atoms with van der Waals surface area (Å²) in [6.45, 7) is 5.04. The van der Waals surface area contributed by atoms with Gasteiger partial charge >= 0.3 is 0 Å². The van der Waals surface area contributed by atoms with Crippen molar-refractivity contribution in [3.8, 4) is 11.5 Å². The van der Waals surface area contributed by atoms with Crippen molar-refractivity contribution >= 4 is 0 Å². The molecule has 0 radical (unpaired) electrons. The van der Waals surface area contributed by atoms with Crippen molar-refractivity contribution in [2.24, 2.45) is 0 Å². The first-order chi connectivity index (χ1) is 12.8. The molecule has 0 amide bonds. The molecule has 0 unspecified atom stereocenters. The standard InChI is InChI=1S/C24H42O2/c1-3-5-6-7-8-9-10-11-12-13-14-15-16-17-21-26-23-20-18-19-22(4-2)24(23)25/h18-20,25H,3-17,21H2,1-2H3. The van der Waals surface area contributed by atoms with Gasteiger partial charge in [0.2, 0.25) is 0 Å². The van der Waals surface area contributed by atoms with Crippen LogP contribution < -0.4 is 4.74 Å². The van der Waals surface area contributed by atoms with E-state index in [1.165, 1.54) is 83.5 Å². The molecule has 1 aromatic carbocycles. The molecule has 2 heteroatoms. The Morgan fingerprint density at radius 1 is 0.692 bits per heavy atom. The maximum absolute atomic E-state index is 10.1. The number of aromatic hydroxyl groups is 1. The van der Waals surface area contributed by atoms with Crippen molar-refractivity contribution in [1.82, 2.24) is 0 Å². The average Bonchev–Trinajstić information content (AvgIpc) is 2.66. The lowest BCUT2D eigenvalue weighted by atomic mass is 10.0. The smallest absolute Gasteiger partial charge is 0.161 e. The summed E-state index contributed by atoms with van der Waals surface area (Å²) in [7, 11) is 0. The van der Waals surface area contributed by atoms with Crippen LogP contribution in [0.3, 0.4) is 0 Å². The summed E-state index contributed by atoms with van der Waals surface area (Å²) in [5.41, 5.74) is 0.962. The molecule has 0 bridgehead atoms. The Hall–Kier alpha value is -1.18. The highest BCUT2D eigenvalue weighted by Gasteiger charge is 2.06. The third-order valence-electron chi connectivity index (χ3n) is 5.22. The molecule has 1 aromatic rings. The zero-order chi connectivity index (χ0) is 18.9. The molecule has 2 nitrogen and oxygen atoms in total. The second-order valence-electron chi connectivity index (χ2n) is 7.56. The number of para-hydroxylation sites is 1. The monoisotopic (exact) mass is 362 g/mol. The normalized spacial score (nSPS) is 11.0. The Labute approximate surface area is 162 Å². The molecule has 0 fully saturated rings. The molecule has 0 aliphatic rings. The Bertz CT molecular complexity index is 442. The number of aryl methyl sites for hydroxylation is 1. The fourth-order valence-electron chi connectivity index (χ4n) is 3.45. The summed E-state index contributed by atoms with van der Waals surface area (Å²) in [5.74, 6) is 0.958. The SMILES string of the molecule is CCCCCCCCCCCCCCCCOc1cccc(CC)c1O. The number of phenols is 1. The van der Waals surface area contributed by atoms with Crippen molar-refractivity contribution in [3.05, 3.63) is 23.8 Å². The van der Waals surface area contributed by atoms with Gasteiger partial charge in [-0.1, -0.05) is 109 Å². The summed E-state index contributed by atoms with van der Waals surface area (Å²) in [5, 5.41) is 10.1. The summed E-state index contributed by atoms with van der Waals surface area (Å²) in [6, 6.07) is 5.77. The van der Waals surface area contributed by atoms with Gasteiger partial charge in [0.15, 0.2) is 11.5 Å². The van der Waals surface area contributed by atoms with Crippen LogP contribution >= 0.6 is 0 Å². The largest absolute Gasteiger partial charge is 0.504 e. The van der Waals surface area contributed by atoms with Gasteiger partial charge in [-0.15, -0.1) is 0 Å². The molecule has 0 aliphatic heterocycles. The van der Waals surface area contributed by atoms with Gasteiger partial charge in [-0.25, -0.2) is 0 Å². The van der Waals surface area contributed by atoms with Crippen molar-refractivity contribution in [1.29, 1.82) is 0 Å². The van der Waals surface area contributed by atoms with Crippen molar-refractivity contribution in [2.75, 3.05) is 6.61 Å². The van der Waals surface area contributed by atoms with Crippen LogP contribution in [-0.4, -0.2) is 11.7 Å². The van der Waals surface area contributed by atoms with Crippen molar-refractivity contribution in [3.63, 3.8) is 0 Å². The third-order valence-corrected chi connectivity index (χ3v) is 5.22. The highest BCUT2D eigenvalue weighted by molar-refractivity contribution is 5.45. The predicted molar refractivity (Wildman–Crippen MR) is 113 cm³/mol. The van der Waals surface area contributed by atoms with E-state index in [1.54, 1.807) is 0 Å². The highest BCUT2D eigenvalue weighted by atomic mass is 16.5. The van der Waals surface area contributed by atoms with Crippen LogP contribution in [0.2, 0.25) is 0 Å². The van der Waals surface area contributed by atoms with Crippen LogP contribution in [0.4, 0.5) is 0 Å². The van der Waals surface area contributed by atoms with Gasteiger partial charge in [0, 0.05) is 0 Å². The lowest BCUT2D eigenvalue weighted by Gasteiger charge is -2.10. The molecule has 0 aliphatic carbocycles. The van der Waals surface area contributed by atoms with Crippen LogP contribution in [0.5, 0.6) is 11.5 Å². The second-order valence-corrected chi connectivity index (χ2v) is 7.56. The lowest BCUT2D eigenvalue weighted by molar-refractivity contribution is 0.288. The van der Waals surface area contributed by atoms with Crippen molar-refractivity contribution < 1.29 is 9.84 Å². The van der Waals surface area contributed by atoms with Crippen LogP contribution in [0, 0.1) is 0 Å². The number of ether oxygens (including phenoxy) is 1. The molecule has 1 N–H and O–H groups in total. The van der Waals surface area contributed by atoms with E-state index in [-0.39, 0.29) is 0 Å². The first-order valence-corrected chi connectivity index (χ1v) is 11.2. The van der Waals surface area contributed by atoms with Gasteiger partial charge in [-0.3, -0.25) is 0 Å². The molecule has 0 saturated carbocycles. The van der Waals surface area contributed by atoms with Crippen LogP contribution in [0.15, 0.2) is 18.2 Å². The predicted octanol–water partition coefficient (Wildman–Crippen LogP) is 7.81. The molecule has 0 saturated heterocycles. The molecular formula is C24H42O2. The van der Waals surface area contributed by atoms with Gasteiger partial charge in [0.1, 0.15) is 0 Å². The minimum atomic E-state index is 0.320. The summed E-state index contributed by atoms with van der Waals surface area (Å²) >= 11 is 0. The van der Waals surface area contributed by atoms with E-state index < -0.39 is 0 Å². The minimum absolute atomic E-state index is 0.320. The second kappa shape index (κ2) is 16.0. The molecule has 0 heterocycles. The van der Waals surface area contributed by atoms with E-state index in [4.69, 9.17) is 4.74 Å². The maximum atomic E-state index is 10.1. The van der Waals surface area contributed by atoms with Crippen LogP contribution in [0.25, 0.3) is 0 Å². The number of benzene rings is 1. The topological polar surface area (TPSA) is 29.5 Å². The molecule has 26 heavy (non-hydrogen) atoms. The molecule has 0 aromatic heterocycles.